The van der Waals surface area contributed by atoms with Crippen LogP contribution in [-0.2, 0) is 0 Å². The summed E-state index contributed by atoms with van der Waals surface area (Å²) in [5, 5.41) is 2.74. The molecule has 4 aromatic rings. The molecule has 1 atom stereocenters. The second-order valence-corrected chi connectivity index (χ2v) is 11.1. The lowest BCUT2D eigenvalue weighted by molar-refractivity contribution is 0.725. The van der Waals surface area contributed by atoms with Gasteiger partial charge in [0.2, 0.25) is 0 Å². The van der Waals surface area contributed by atoms with Crippen LogP contribution in [0, 0.1) is 19.8 Å². The van der Waals surface area contributed by atoms with Gasteiger partial charge in [-0.3, -0.25) is 0 Å². The molecule has 0 spiro atoms. The van der Waals surface area contributed by atoms with Gasteiger partial charge >= 0.3 is 0 Å². The molecule has 36 heavy (non-hydrogen) atoms. The monoisotopic (exact) mass is 464 g/mol. The van der Waals surface area contributed by atoms with Crippen molar-refractivity contribution in [1.82, 2.24) is 4.57 Å². The molecule has 1 unspecified atom stereocenters. The van der Waals surface area contributed by atoms with Gasteiger partial charge in [-0.25, -0.2) is 0 Å². The summed E-state index contributed by atoms with van der Waals surface area (Å²) in [6, 6.07) is 20.8. The van der Waals surface area contributed by atoms with Crippen molar-refractivity contribution in [3.8, 4) is 0 Å². The molecule has 2 aliphatic heterocycles. The van der Waals surface area contributed by atoms with Crippen LogP contribution in [0.15, 0.2) is 95.8 Å². The summed E-state index contributed by atoms with van der Waals surface area (Å²) >= 11 is 0. The fourth-order valence-electron chi connectivity index (χ4n) is 7.17. The second-order valence-electron chi connectivity index (χ2n) is 11.1. The average molecular weight is 464 g/mol. The Morgan fingerprint density at radius 3 is 2.67 bits per heavy atom. The first kappa shape index (κ1) is 20.5. The lowest BCUT2D eigenvalue weighted by atomic mass is 9.32. The maximum Gasteiger partial charge on any atom is 0.252 e. The normalized spacial score (nSPS) is 20.0. The standard InChI is InChI=1S/C33H29BN2/c1-20-11-15-23(16-12-20)35-27-8-5-4-7-26(27)34-31-22(3)14-18-25-24-17-13-21(2)19-30(24)36(33(25)31)29-10-6-9-28(35)32(29)34/h4-5,7-8,10-11,13-20H,6,9,12H2,1-3H3. The smallest absolute Gasteiger partial charge is 0.252 e. The number of hydrogen-bond donors (Lipinski definition) is 0. The van der Waals surface area contributed by atoms with Crippen molar-refractivity contribution < 1.29 is 0 Å². The van der Waals surface area contributed by atoms with Gasteiger partial charge in [0, 0.05) is 39.1 Å². The quantitative estimate of drug-likeness (QED) is 0.283. The van der Waals surface area contributed by atoms with Gasteiger partial charge in [0.15, 0.2) is 0 Å². The molecule has 8 rings (SSSR count). The van der Waals surface area contributed by atoms with E-state index in [-0.39, 0.29) is 6.71 Å². The summed E-state index contributed by atoms with van der Waals surface area (Å²) in [5.74, 6) is 0.605. The van der Waals surface area contributed by atoms with Gasteiger partial charge in [0.05, 0.1) is 5.52 Å². The number of aromatic nitrogens is 1. The Morgan fingerprint density at radius 1 is 0.944 bits per heavy atom. The number of benzene rings is 3. The van der Waals surface area contributed by atoms with E-state index in [9.17, 15) is 0 Å². The van der Waals surface area contributed by atoms with Crippen molar-refractivity contribution in [2.24, 2.45) is 5.92 Å². The van der Waals surface area contributed by atoms with E-state index in [1.54, 1.807) is 0 Å². The summed E-state index contributed by atoms with van der Waals surface area (Å²) in [6.45, 7) is 7.10. The Labute approximate surface area is 213 Å². The number of aryl methyl sites for hydroxylation is 2. The number of fused-ring (bicyclic) bond motifs is 7. The summed E-state index contributed by atoms with van der Waals surface area (Å²) < 4.78 is 2.60. The summed E-state index contributed by atoms with van der Waals surface area (Å²) in [5.41, 5.74) is 15.4. The van der Waals surface area contributed by atoms with Crippen LogP contribution in [0.25, 0.3) is 27.5 Å². The molecule has 3 heteroatoms. The predicted octanol–water partition coefficient (Wildman–Crippen LogP) is 6.76. The molecule has 2 aliphatic carbocycles. The largest absolute Gasteiger partial charge is 0.315 e. The maximum absolute atomic E-state index is 2.60. The molecule has 0 fully saturated rings. The Hall–Kier alpha value is -3.72. The van der Waals surface area contributed by atoms with Crippen LogP contribution in [-0.4, -0.2) is 11.3 Å². The number of anilines is 1. The Bertz CT molecular complexity index is 1760. The Morgan fingerprint density at radius 2 is 1.81 bits per heavy atom. The van der Waals surface area contributed by atoms with Crippen molar-refractivity contribution in [2.45, 2.75) is 40.0 Å². The van der Waals surface area contributed by atoms with Crippen LogP contribution in [0.2, 0.25) is 0 Å². The van der Waals surface area contributed by atoms with E-state index in [1.807, 2.05) is 0 Å². The molecule has 3 heterocycles. The first-order chi connectivity index (χ1) is 17.6. The zero-order valence-corrected chi connectivity index (χ0v) is 21.2. The molecular weight excluding hydrogens is 435 g/mol. The minimum Gasteiger partial charge on any atom is -0.315 e. The summed E-state index contributed by atoms with van der Waals surface area (Å²) in [6.07, 6.45) is 12.9. The second kappa shape index (κ2) is 7.16. The van der Waals surface area contributed by atoms with Gasteiger partial charge in [0.1, 0.15) is 0 Å². The number of hydrogen-bond acceptors (Lipinski definition) is 1. The van der Waals surface area contributed by atoms with Crippen LogP contribution in [0.5, 0.6) is 0 Å². The van der Waals surface area contributed by atoms with Gasteiger partial charge in [-0.1, -0.05) is 73.2 Å². The highest BCUT2D eigenvalue weighted by atomic mass is 15.2. The van der Waals surface area contributed by atoms with E-state index in [0.717, 1.165) is 19.3 Å². The van der Waals surface area contributed by atoms with Crippen LogP contribution >= 0.6 is 0 Å². The average Bonchev–Trinajstić information content (AvgIpc) is 3.22. The Kier molecular flexibility index (Phi) is 4.07. The third-order valence-electron chi connectivity index (χ3n) is 8.78. The van der Waals surface area contributed by atoms with Crippen molar-refractivity contribution in [1.29, 1.82) is 0 Å². The molecule has 0 bridgehead atoms. The highest BCUT2D eigenvalue weighted by Gasteiger charge is 2.45. The van der Waals surface area contributed by atoms with Crippen LogP contribution in [0.1, 0.15) is 37.3 Å². The van der Waals surface area contributed by atoms with Crippen LogP contribution in [0.3, 0.4) is 0 Å². The van der Waals surface area contributed by atoms with E-state index in [4.69, 9.17) is 0 Å². The van der Waals surface area contributed by atoms with E-state index < -0.39 is 0 Å². The topological polar surface area (TPSA) is 8.17 Å². The number of rotatable bonds is 1. The first-order valence-corrected chi connectivity index (χ1v) is 13.4. The molecule has 1 aromatic heterocycles. The zero-order chi connectivity index (χ0) is 24.1. The van der Waals surface area contributed by atoms with Crippen molar-refractivity contribution in [2.75, 3.05) is 4.90 Å². The van der Waals surface area contributed by atoms with Crippen molar-refractivity contribution >= 4 is 50.8 Å². The van der Waals surface area contributed by atoms with E-state index >= 15 is 0 Å². The third-order valence-corrected chi connectivity index (χ3v) is 8.78. The minimum atomic E-state index is 0.271. The molecule has 2 nitrogen and oxygen atoms in total. The van der Waals surface area contributed by atoms with Gasteiger partial charge in [0.25, 0.3) is 6.71 Å². The predicted molar refractivity (Wildman–Crippen MR) is 154 cm³/mol. The maximum atomic E-state index is 2.60. The van der Waals surface area contributed by atoms with Gasteiger partial charge < -0.3 is 9.47 Å². The van der Waals surface area contributed by atoms with Crippen molar-refractivity contribution in [3.05, 3.63) is 107 Å². The molecule has 0 amide bonds. The number of allylic oxidation sites excluding steroid dienone is 7. The van der Waals surface area contributed by atoms with Crippen LogP contribution < -0.4 is 15.8 Å². The molecule has 174 valence electrons. The van der Waals surface area contributed by atoms with Crippen molar-refractivity contribution in [3.63, 3.8) is 0 Å². The lowest BCUT2D eigenvalue weighted by Gasteiger charge is -2.44. The molecule has 0 saturated carbocycles. The number of para-hydroxylation sites is 1. The Balaban J connectivity index is 1.52. The van der Waals surface area contributed by atoms with E-state index in [2.05, 4.69) is 109 Å². The van der Waals surface area contributed by atoms with Gasteiger partial charge in [-0.2, -0.15) is 0 Å². The molecule has 3 aromatic carbocycles. The molecule has 0 N–H and O–H groups in total. The zero-order valence-electron chi connectivity index (χ0n) is 21.2. The number of nitrogens with zero attached hydrogens (tertiary/aromatic N) is 2. The SMILES string of the molecule is Cc1ccc2c3ccc(C)c4c3n(c2c1)C1=CCCC2=C1B4c1ccccc1N2C1=CCC(C)C=C1. The molecular formula is C33H29BN2. The fraction of sp³-hybridized carbons (Fsp3) is 0.212. The van der Waals surface area contributed by atoms with E-state index in [0.29, 0.717) is 5.92 Å². The van der Waals surface area contributed by atoms with Gasteiger partial charge in [-0.15, -0.1) is 0 Å². The van der Waals surface area contributed by atoms with E-state index in [1.165, 1.54) is 72.1 Å². The third kappa shape index (κ3) is 2.53. The highest BCUT2D eigenvalue weighted by molar-refractivity contribution is 6.96. The molecule has 0 saturated heterocycles. The summed E-state index contributed by atoms with van der Waals surface area (Å²) in [7, 11) is 0. The lowest BCUT2D eigenvalue weighted by Crippen LogP contribution is -2.55. The van der Waals surface area contributed by atoms with Crippen LogP contribution in [0.4, 0.5) is 5.69 Å². The highest BCUT2D eigenvalue weighted by Crippen LogP contribution is 2.46. The molecule has 0 radical (unpaired) electrons. The summed E-state index contributed by atoms with van der Waals surface area (Å²) in [4.78, 5) is 2.59. The van der Waals surface area contributed by atoms with Gasteiger partial charge in [-0.05, 0) is 79.2 Å². The minimum absolute atomic E-state index is 0.271. The first-order valence-electron chi connectivity index (χ1n) is 13.4. The fourth-order valence-corrected chi connectivity index (χ4v) is 7.17. The molecule has 4 aliphatic rings.